The summed E-state index contributed by atoms with van der Waals surface area (Å²) >= 11 is 0. The number of anilines is 1. The minimum Gasteiger partial charge on any atom is -0.397 e. The Bertz CT molecular complexity index is 588. The number of nitrogens with one attached hydrogen (secondary N) is 2. The van der Waals surface area contributed by atoms with Crippen molar-refractivity contribution >= 4 is 23.4 Å². The number of carbonyl (C=O) groups is 3. The third-order valence-corrected chi connectivity index (χ3v) is 3.59. The maximum atomic E-state index is 12.3. The van der Waals surface area contributed by atoms with Crippen LogP contribution in [0, 0.1) is 0 Å². The number of nitrogen functional groups attached to an aromatic ring is 1. The average Bonchev–Trinajstić information content (AvgIpc) is 3.16. The van der Waals surface area contributed by atoms with Gasteiger partial charge in [0.2, 0.25) is 11.8 Å². The van der Waals surface area contributed by atoms with Crippen molar-refractivity contribution in [3.8, 4) is 0 Å². The topological polar surface area (TPSA) is 106 Å². The summed E-state index contributed by atoms with van der Waals surface area (Å²) in [6.07, 6.45) is 4.38. The normalized spacial score (nSPS) is 22.5. The predicted octanol–water partition coefficient (Wildman–Crippen LogP) is -0.0598. The van der Waals surface area contributed by atoms with Crippen LogP contribution in [-0.2, 0) is 9.59 Å². The van der Waals surface area contributed by atoms with Gasteiger partial charge in [0.1, 0.15) is 11.7 Å². The van der Waals surface area contributed by atoms with Crippen molar-refractivity contribution in [1.82, 2.24) is 15.2 Å². The molecule has 20 heavy (non-hydrogen) atoms. The van der Waals surface area contributed by atoms with Crippen LogP contribution >= 0.6 is 0 Å². The van der Waals surface area contributed by atoms with Crippen molar-refractivity contribution in [3.05, 3.63) is 18.0 Å². The standard InChI is InChI=1S/C13H16N4O3/c14-7-5-10(17(6-7)8-1-2-8)13(20)15-9-3-4-11(18)16-12(9)19/h5-6,8-9H,1-4,14H2,(H,15,20)(H,16,18,19). The van der Waals surface area contributed by atoms with Crippen molar-refractivity contribution in [3.63, 3.8) is 0 Å². The van der Waals surface area contributed by atoms with Gasteiger partial charge in [-0.25, -0.2) is 0 Å². The molecule has 7 nitrogen and oxygen atoms in total. The van der Waals surface area contributed by atoms with E-state index in [4.69, 9.17) is 5.73 Å². The van der Waals surface area contributed by atoms with E-state index in [0.29, 0.717) is 23.8 Å². The van der Waals surface area contributed by atoms with E-state index < -0.39 is 11.9 Å². The van der Waals surface area contributed by atoms with E-state index in [2.05, 4.69) is 10.6 Å². The first-order valence-corrected chi connectivity index (χ1v) is 6.66. The molecule has 1 aromatic rings. The molecule has 1 saturated carbocycles. The Labute approximate surface area is 115 Å². The number of rotatable bonds is 3. The zero-order valence-corrected chi connectivity index (χ0v) is 10.9. The van der Waals surface area contributed by atoms with Crippen LogP contribution in [0.1, 0.15) is 42.2 Å². The summed E-state index contributed by atoms with van der Waals surface area (Å²) < 4.78 is 1.86. The number of nitrogens with zero attached hydrogens (tertiary/aromatic N) is 1. The van der Waals surface area contributed by atoms with Crippen LogP contribution in [0.25, 0.3) is 0 Å². The molecule has 106 valence electrons. The van der Waals surface area contributed by atoms with Crippen LogP contribution in [0.2, 0.25) is 0 Å². The maximum Gasteiger partial charge on any atom is 0.268 e. The van der Waals surface area contributed by atoms with Crippen LogP contribution in [0.3, 0.4) is 0 Å². The lowest BCUT2D eigenvalue weighted by Gasteiger charge is -2.22. The molecule has 3 rings (SSSR count). The quantitative estimate of drug-likeness (QED) is 0.672. The predicted molar refractivity (Wildman–Crippen MR) is 70.8 cm³/mol. The molecule has 3 amide bonds. The van der Waals surface area contributed by atoms with E-state index >= 15 is 0 Å². The molecule has 1 atom stereocenters. The molecule has 1 aliphatic heterocycles. The fourth-order valence-electron chi connectivity index (χ4n) is 2.40. The number of piperidine rings is 1. The summed E-state index contributed by atoms with van der Waals surface area (Å²) in [4.78, 5) is 34.9. The Morgan fingerprint density at radius 1 is 1.35 bits per heavy atom. The largest absolute Gasteiger partial charge is 0.397 e. The van der Waals surface area contributed by atoms with Gasteiger partial charge in [-0.2, -0.15) is 0 Å². The van der Waals surface area contributed by atoms with Crippen LogP contribution < -0.4 is 16.4 Å². The smallest absolute Gasteiger partial charge is 0.268 e. The Morgan fingerprint density at radius 3 is 2.75 bits per heavy atom. The molecule has 1 saturated heterocycles. The minimum atomic E-state index is -0.663. The second-order valence-electron chi connectivity index (χ2n) is 5.27. The molecule has 2 aliphatic rings. The molecule has 0 spiro atoms. The highest BCUT2D eigenvalue weighted by Gasteiger charge is 2.31. The lowest BCUT2D eigenvalue weighted by atomic mass is 10.1. The van der Waals surface area contributed by atoms with Gasteiger partial charge in [0, 0.05) is 18.7 Å². The summed E-state index contributed by atoms with van der Waals surface area (Å²) in [5.41, 5.74) is 6.74. The fraction of sp³-hybridized carbons (Fsp3) is 0.462. The van der Waals surface area contributed by atoms with Crippen molar-refractivity contribution in [1.29, 1.82) is 0 Å². The monoisotopic (exact) mass is 276 g/mol. The molecule has 1 unspecified atom stereocenters. The number of nitrogens with two attached hydrogens (primary N) is 1. The minimum absolute atomic E-state index is 0.239. The lowest BCUT2D eigenvalue weighted by molar-refractivity contribution is -0.134. The highest BCUT2D eigenvalue weighted by atomic mass is 16.2. The van der Waals surface area contributed by atoms with Gasteiger partial charge in [0.15, 0.2) is 0 Å². The van der Waals surface area contributed by atoms with Crippen molar-refractivity contribution in [2.24, 2.45) is 0 Å². The maximum absolute atomic E-state index is 12.3. The number of amides is 3. The van der Waals surface area contributed by atoms with Gasteiger partial charge in [-0.3, -0.25) is 19.7 Å². The molecule has 7 heteroatoms. The summed E-state index contributed by atoms with van der Waals surface area (Å²) in [6, 6.07) is 1.28. The Kier molecular flexibility index (Phi) is 2.96. The Hall–Kier alpha value is -2.31. The number of hydrogen-bond donors (Lipinski definition) is 3. The molecule has 1 aliphatic carbocycles. The van der Waals surface area contributed by atoms with E-state index in [-0.39, 0.29) is 18.2 Å². The van der Waals surface area contributed by atoms with Gasteiger partial charge in [0.25, 0.3) is 5.91 Å². The number of aromatic nitrogens is 1. The first-order chi connectivity index (χ1) is 9.54. The van der Waals surface area contributed by atoms with E-state index in [1.807, 2.05) is 4.57 Å². The van der Waals surface area contributed by atoms with Crippen molar-refractivity contribution in [2.45, 2.75) is 37.8 Å². The average molecular weight is 276 g/mol. The fourth-order valence-corrected chi connectivity index (χ4v) is 2.40. The number of imide groups is 1. The van der Waals surface area contributed by atoms with Crippen molar-refractivity contribution < 1.29 is 14.4 Å². The summed E-state index contributed by atoms with van der Waals surface area (Å²) in [6.45, 7) is 0. The van der Waals surface area contributed by atoms with Gasteiger partial charge >= 0.3 is 0 Å². The van der Waals surface area contributed by atoms with E-state index in [1.54, 1.807) is 12.3 Å². The van der Waals surface area contributed by atoms with Crippen molar-refractivity contribution in [2.75, 3.05) is 5.73 Å². The van der Waals surface area contributed by atoms with Gasteiger partial charge in [-0.15, -0.1) is 0 Å². The van der Waals surface area contributed by atoms with E-state index in [0.717, 1.165) is 12.8 Å². The lowest BCUT2D eigenvalue weighted by Crippen LogP contribution is -2.52. The summed E-state index contributed by atoms with van der Waals surface area (Å²) in [5, 5.41) is 4.88. The highest BCUT2D eigenvalue weighted by molar-refractivity contribution is 6.03. The van der Waals surface area contributed by atoms with Crippen LogP contribution in [0.4, 0.5) is 5.69 Å². The first-order valence-electron chi connectivity index (χ1n) is 6.66. The van der Waals surface area contributed by atoms with Crippen LogP contribution in [0.5, 0.6) is 0 Å². The van der Waals surface area contributed by atoms with E-state index in [9.17, 15) is 14.4 Å². The zero-order valence-electron chi connectivity index (χ0n) is 10.9. The van der Waals surface area contributed by atoms with Gasteiger partial charge in [0.05, 0.1) is 5.69 Å². The first kappa shape index (κ1) is 12.7. The van der Waals surface area contributed by atoms with Gasteiger partial charge in [-0.05, 0) is 25.3 Å². The van der Waals surface area contributed by atoms with Crippen LogP contribution in [-0.4, -0.2) is 28.3 Å². The highest BCUT2D eigenvalue weighted by Crippen LogP contribution is 2.37. The summed E-state index contributed by atoms with van der Waals surface area (Å²) in [7, 11) is 0. The second kappa shape index (κ2) is 4.66. The van der Waals surface area contributed by atoms with Gasteiger partial charge in [-0.1, -0.05) is 0 Å². The molecule has 2 fully saturated rings. The Balaban J connectivity index is 1.73. The molecular formula is C13H16N4O3. The number of carbonyl (C=O) groups excluding carboxylic acids is 3. The number of hydrogen-bond acceptors (Lipinski definition) is 4. The second-order valence-corrected chi connectivity index (χ2v) is 5.27. The molecule has 0 radical (unpaired) electrons. The molecule has 1 aromatic heterocycles. The van der Waals surface area contributed by atoms with E-state index in [1.165, 1.54) is 0 Å². The summed E-state index contributed by atoms with van der Waals surface area (Å²) in [5.74, 6) is -1.08. The third-order valence-electron chi connectivity index (χ3n) is 3.59. The molecule has 2 heterocycles. The zero-order chi connectivity index (χ0) is 14.3. The molecule has 0 bridgehead atoms. The third kappa shape index (κ3) is 2.38. The van der Waals surface area contributed by atoms with Gasteiger partial charge < -0.3 is 15.6 Å². The molecular weight excluding hydrogens is 260 g/mol. The SMILES string of the molecule is Nc1cc(C(=O)NC2CCC(=O)NC2=O)n(C2CC2)c1. The Morgan fingerprint density at radius 2 is 2.10 bits per heavy atom. The molecule has 4 N–H and O–H groups in total. The molecule has 0 aromatic carbocycles. The van der Waals surface area contributed by atoms with Crippen LogP contribution in [0.15, 0.2) is 12.3 Å².